The third-order valence-corrected chi connectivity index (χ3v) is 4.06. The summed E-state index contributed by atoms with van der Waals surface area (Å²) < 4.78 is 5.41. The maximum absolute atomic E-state index is 12.2. The molecule has 1 saturated heterocycles. The molecule has 0 saturated carbocycles. The van der Waals surface area contributed by atoms with Gasteiger partial charge in [-0.2, -0.15) is 0 Å². The molecule has 8 heteroatoms. The highest BCUT2D eigenvalue weighted by molar-refractivity contribution is 6.32. The number of hydrogen-bond acceptors (Lipinski definition) is 4. The van der Waals surface area contributed by atoms with Gasteiger partial charge in [0.15, 0.2) is 6.61 Å². The molecule has 1 heterocycles. The molecular weight excluding hydrogens is 358 g/mol. The zero-order chi connectivity index (χ0) is 18.5. The number of nitrogens with one attached hydrogen (secondary N) is 2. The standard InChI is InChI=1S/C18H16ClN3O4/c19-13-6-2-4-8-15(13)26-11-16(23)21-14-7-3-1-5-12(14)10-22-17(24)9-20-18(22)25/h1-8H,9-11H2,(H,20,25)(H,21,23). The molecule has 134 valence electrons. The van der Waals surface area contributed by atoms with Crippen LogP contribution in [0.3, 0.4) is 0 Å². The van der Waals surface area contributed by atoms with Crippen molar-refractivity contribution in [3.8, 4) is 5.75 Å². The van der Waals surface area contributed by atoms with Crippen LogP contribution in [0.4, 0.5) is 10.5 Å². The van der Waals surface area contributed by atoms with Crippen molar-refractivity contribution in [1.82, 2.24) is 10.2 Å². The maximum atomic E-state index is 12.2. The number of amides is 4. The number of carbonyl (C=O) groups is 3. The Morgan fingerprint density at radius 2 is 1.88 bits per heavy atom. The van der Waals surface area contributed by atoms with E-state index in [1.54, 1.807) is 48.5 Å². The molecule has 0 radical (unpaired) electrons. The van der Waals surface area contributed by atoms with E-state index in [9.17, 15) is 14.4 Å². The molecule has 2 N–H and O–H groups in total. The van der Waals surface area contributed by atoms with Crippen molar-refractivity contribution in [2.24, 2.45) is 0 Å². The summed E-state index contributed by atoms with van der Waals surface area (Å²) in [6.45, 7) is -0.160. The molecule has 0 aromatic heterocycles. The van der Waals surface area contributed by atoms with Crippen LogP contribution in [0.1, 0.15) is 5.56 Å². The Morgan fingerprint density at radius 1 is 1.15 bits per heavy atom. The van der Waals surface area contributed by atoms with Gasteiger partial charge in [0.05, 0.1) is 18.1 Å². The van der Waals surface area contributed by atoms with E-state index in [1.807, 2.05) is 0 Å². The quantitative estimate of drug-likeness (QED) is 0.761. The zero-order valence-corrected chi connectivity index (χ0v) is 14.5. The van der Waals surface area contributed by atoms with Crippen molar-refractivity contribution in [2.75, 3.05) is 18.5 Å². The summed E-state index contributed by atoms with van der Waals surface area (Å²) in [4.78, 5) is 36.7. The highest BCUT2D eigenvalue weighted by atomic mass is 35.5. The average molecular weight is 374 g/mol. The number of carbonyl (C=O) groups excluding carboxylic acids is 3. The first-order valence-electron chi connectivity index (χ1n) is 7.88. The molecular formula is C18H16ClN3O4. The molecule has 0 bridgehead atoms. The second kappa shape index (κ2) is 7.88. The molecule has 1 aliphatic rings. The lowest BCUT2D eigenvalue weighted by molar-refractivity contribution is -0.125. The van der Waals surface area contributed by atoms with Crippen molar-refractivity contribution in [3.63, 3.8) is 0 Å². The number of anilines is 1. The van der Waals surface area contributed by atoms with Gasteiger partial charge in [-0.25, -0.2) is 4.79 Å². The van der Waals surface area contributed by atoms with E-state index >= 15 is 0 Å². The van der Waals surface area contributed by atoms with Crippen LogP contribution < -0.4 is 15.4 Å². The second-order valence-corrected chi connectivity index (χ2v) is 5.97. The van der Waals surface area contributed by atoms with E-state index in [0.717, 1.165) is 4.90 Å². The van der Waals surface area contributed by atoms with E-state index in [4.69, 9.17) is 16.3 Å². The molecule has 7 nitrogen and oxygen atoms in total. The zero-order valence-electron chi connectivity index (χ0n) is 13.7. The Balaban J connectivity index is 1.64. The first kappa shape index (κ1) is 17.8. The minimum Gasteiger partial charge on any atom is -0.482 e. The smallest absolute Gasteiger partial charge is 0.324 e. The van der Waals surface area contributed by atoms with Crippen molar-refractivity contribution in [3.05, 3.63) is 59.1 Å². The lowest BCUT2D eigenvalue weighted by atomic mass is 10.1. The summed E-state index contributed by atoms with van der Waals surface area (Å²) in [6.07, 6.45) is 0. The largest absolute Gasteiger partial charge is 0.482 e. The maximum Gasteiger partial charge on any atom is 0.324 e. The minimum absolute atomic E-state index is 0.0148. The number of nitrogens with zero attached hydrogens (tertiary/aromatic N) is 1. The molecule has 1 fully saturated rings. The van der Waals surface area contributed by atoms with Gasteiger partial charge in [0.1, 0.15) is 5.75 Å². The minimum atomic E-state index is -0.446. The van der Waals surface area contributed by atoms with Crippen LogP contribution in [0.15, 0.2) is 48.5 Å². The van der Waals surface area contributed by atoms with Gasteiger partial charge in [-0.15, -0.1) is 0 Å². The predicted octanol–water partition coefficient (Wildman–Crippen LogP) is 2.41. The van der Waals surface area contributed by atoms with Crippen molar-refractivity contribution in [2.45, 2.75) is 6.54 Å². The van der Waals surface area contributed by atoms with Crippen LogP contribution in [0.2, 0.25) is 5.02 Å². The number of rotatable bonds is 6. The van der Waals surface area contributed by atoms with Crippen LogP contribution in [0.25, 0.3) is 0 Å². The first-order chi connectivity index (χ1) is 12.5. The topological polar surface area (TPSA) is 87.7 Å². The van der Waals surface area contributed by atoms with Gasteiger partial charge in [0, 0.05) is 5.69 Å². The lowest BCUT2D eigenvalue weighted by Crippen LogP contribution is -2.31. The molecule has 3 rings (SSSR count). The van der Waals surface area contributed by atoms with Crippen LogP contribution in [0.5, 0.6) is 5.75 Å². The number of ether oxygens (including phenoxy) is 1. The molecule has 26 heavy (non-hydrogen) atoms. The monoisotopic (exact) mass is 373 g/mol. The summed E-state index contributed by atoms with van der Waals surface area (Å²) in [7, 11) is 0. The normalized spacial score (nSPS) is 13.5. The van der Waals surface area contributed by atoms with Crippen LogP contribution in [0, 0.1) is 0 Å². The van der Waals surface area contributed by atoms with E-state index in [1.165, 1.54) is 0 Å². The van der Waals surface area contributed by atoms with Crippen LogP contribution in [-0.4, -0.2) is 35.9 Å². The highest BCUT2D eigenvalue weighted by Gasteiger charge is 2.28. The van der Waals surface area contributed by atoms with Crippen molar-refractivity contribution >= 4 is 35.1 Å². The molecule has 2 aromatic rings. The summed E-state index contributed by atoms with van der Waals surface area (Å²) in [6, 6.07) is 13.4. The summed E-state index contributed by atoms with van der Waals surface area (Å²) in [5, 5.41) is 5.60. The van der Waals surface area contributed by atoms with Gasteiger partial charge in [0.2, 0.25) is 5.91 Å². The summed E-state index contributed by atoms with van der Waals surface area (Å²) >= 11 is 5.98. The fraction of sp³-hybridized carbons (Fsp3) is 0.167. The first-order valence-corrected chi connectivity index (χ1v) is 8.25. The molecule has 2 aromatic carbocycles. The van der Waals surface area contributed by atoms with Crippen molar-refractivity contribution < 1.29 is 19.1 Å². The Bertz CT molecular complexity index is 840. The van der Waals surface area contributed by atoms with E-state index < -0.39 is 6.03 Å². The number of halogens is 1. The molecule has 0 unspecified atom stereocenters. The number of imide groups is 1. The SMILES string of the molecule is O=C(COc1ccccc1Cl)Nc1ccccc1CN1C(=O)CNC1=O. The third-order valence-electron chi connectivity index (χ3n) is 3.75. The second-order valence-electron chi connectivity index (χ2n) is 5.56. The van der Waals surface area contributed by atoms with Crippen LogP contribution in [-0.2, 0) is 16.1 Å². The van der Waals surface area contributed by atoms with Gasteiger partial charge < -0.3 is 15.4 Å². The average Bonchev–Trinajstić information content (AvgIpc) is 2.94. The lowest BCUT2D eigenvalue weighted by Gasteiger charge is -2.16. The molecule has 1 aliphatic heterocycles. The van der Waals surface area contributed by atoms with Gasteiger partial charge in [0.25, 0.3) is 5.91 Å². The fourth-order valence-electron chi connectivity index (χ4n) is 2.46. The third kappa shape index (κ3) is 4.12. The molecule has 0 atom stereocenters. The number of benzene rings is 2. The Hall–Kier alpha value is -3.06. The van der Waals surface area contributed by atoms with Gasteiger partial charge in [-0.05, 0) is 23.8 Å². The number of urea groups is 1. The Kier molecular flexibility index (Phi) is 5.38. The molecule has 0 aliphatic carbocycles. The van der Waals surface area contributed by atoms with Gasteiger partial charge >= 0.3 is 6.03 Å². The Morgan fingerprint density at radius 3 is 2.62 bits per heavy atom. The van der Waals surface area contributed by atoms with Crippen LogP contribution >= 0.6 is 11.6 Å². The van der Waals surface area contributed by atoms with E-state index in [2.05, 4.69) is 10.6 Å². The Labute approximate surface area is 154 Å². The highest BCUT2D eigenvalue weighted by Crippen LogP contribution is 2.23. The van der Waals surface area contributed by atoms with E-state index in [-0.39, 0.29) is 31.5 Å². The predicted molar refractivity (Wildman–Crippen MR) is 96.0 cm³/mol. The summed E-state index contributed by atoms with van der Waals surface area (Å²) in [5.74, 6) is -0.273. The molecule has 0 spiro atoms. The number of hydrogen-bond donors (Lipinski definition) is 2. The number of para-hydroxylation sites is 2. The van der Waals surface area contributed by atoms with E-state index in [0.29, 0.717) is 22.0 Å². The molecule has 4 amide bonds. The summed E-state index contributed by atoms with van der Waals surface area (Å²) in [5.41, 5.74) is 1.15. The van der Waals surface area contributed by atoms with Gasteiger partial charge in [-0.1, -0.05) is 41.9 Å². The fourth-order valence-corrected chi connectivity index (χ4v) is 2.65. The van der Waals surface area contributed by atoms with Crippen molar-refractivity contribution in [1.29, 1.82) is 0 Å². The van der Waals surface area contributed by atoms with Gasteiger partial charge in [-0.3, -0.25) is 14.5 Å².